The van der Waals surface area contributed by atoms with E-state index in [1.54, 1.807) is 26.2 Å². The zero-order valence-corrected chi connectivity index (χ0v) is 20.1. The quantitative estimate of drug-likeness (QED) is 0.262. The monoisotopic (exact) mass is 474 g/mol. The summed E-state index contributed by atoms with van der Waals surface area (Å²) in [6.07, 6.45) is 3.29. The molecule has 0 radical (unpaired) electrons. The first-order valence-corrected chi connectivity index (χ1v) is 11.2. The van der Waals surface area contributed by atoms with Crippen LogP contribution in [-0.2, 0) is 4.74 Å². The number of hydrogen-bond donors (Lipinski definition) is 1. The molecule has 0 aliphatic heterocycles. The van der Waals surface area contributed by atoms with Gasteiger partial charge in [-0.15, -0.1) is 0 Å². The summed E-state index contributed by atoms with van der Waals surface area (Å²) in [5.74, 6) is 1.66. The molecule has 0 aromatic heterocycles. The van der Waals surface area contributed by atoms with Crippen LogP contribution in [0.5, 0.6) is 11.5 Å². The molecule has 0 spiro atoms. The number of nitrogens with one attached hydrogen (secondary N) is 1. The SMILES string of the molecule is C/C=C\C(=C/N(C)C[C@H](C)N/C(=C\CC)c1cccc(Oc2ccccc2)c1)OCC(F)(F)F. The molecule has 2 rings (SSSR count). The predicted molar refractivity (Wildman–Crippen MR) is 131 cm³/mol. The first-order valence-electron chi connectivity index (χ1n) is 11.2. The third-order valence-corrected chi connectivity index (χ3v) is 4.58. The van der Waals surface area contributed by atoms with E-state index >= 15 is 0 Å². The zero-order chi connectivity index (χ0) is 25.0. The number of rotatable bonds is 12. The molecule has 0 unspecified atom stereocenters. The second-order valence-electron chi connectivity index (χ2n) is 7.89. The van der Waals surface area contributed by atoms with Crippen LogP contribution in [0.25, 0.3) is 5.70 Å². The Bertz CT molecular complexity index is 969. The van der Waals surface area contributed by atoms with Crippen molar-refractivity contribution < 1.29 is 22.6 Å². The highest BCUT2D eigenvalue weighted by Gasteiger charge is 2.28. The highest BCUT2D eigenvalue weighted by Crippen LogP contribution is 2.25. The van der Waals surface area contributed by atoms with Gasteiger partial charge in [0.15, 0.2) is 6.61 Å². The van der Waals surface area contributed by atoms with Crippen LogP contribution in [0.15, 0.2) is 84.8 Å². The molecular formula is C27H33F3N2O2. The van der Waals surface area contributed by atoms with Gasteiger partial charge in [-0.25, -0.2) is 0 Å². The largest absolute Gasteiger partial charge is 0.483 e. The molecule has 0 aliphatic rings. The van der Waals surface area contributed by atoms with Crippen LogP contribution in [0.2, 0.25) is 0 Å². The van der Waals surface area contributed by atoms with E-state index < -0.39 is 12.8 Å². The molecule has 1 atom stereocenters. The van der Waals surface area contributed by atoms with Gasteiger partial charge in [-0.05, 0) is 50.6 Å². The van der Waals surface area contributed by atoms with Crippen molar-refractivity contribution in [2.75, 3.05) is 20.2 Å². The average Bonchev–Trinajstić information content (AvgIpc) is 2.77. The van der Waals surface area contributed by atoms with Crippen molar-refractivity contribution >= 4 is 5.70 Å². The van der Waals surface area contributed by atoms with Crippen molar-refractivity contribution in [1.29, 1.82) is 0 Å². The summed E-state index contributed by atoms with van der Waals surface area (Å²) in [7, 11) is 1.80. The molecule has 184 valence electrons. The lowest BCUT2D eigenvalue weighted by molar-refractivity contribution is -0.164. The number of alkyl halides is 3. The Hall–Kier alpha value is -3.35. The Morgan fingerprint density at radius 1 is 1.09 bits per heavy atom. The molecule has 1 N–H and O–H groups in total. The third kappa shape index (κ3) is 10.1. The van der Waals surface area contributed by atoms with Crippen molar-refractivity contribution in [2.45, 2.75) is 39.4 Å². The Labute approximate surface area is 200 Å². The van der Waals surface area contributed by atoms with E-state index in [4.69, 9.17) is 9.47 Å². The first kappa shape index (κ1) is 26.9. The highest BCUT2D eigenvalue weighted by molar-refractivity contribution is 5.65. The highest BCUT2D eigenvalue weighted by atomic mass is 19.4. The Morgan fingerprint density at radius 3 is 2.44 bits per heavy atom. The van der Waals surface area contributed by atoms with Gasteiger partial charge in [-0.3, -0.25) is 0 Å². The van der Waals surface area contributed by atoms with Crippen molar-refractivity contribution in [3.05, 3.63) is 90.3 Å². The first-order chi connectivity index (χ1) is 16.2. The lowest BCUT2D eigenvalue weighted by Gasteiger charge is -2.24. The molecular weight excluding hydrogens is 441 g/mol. The number of halogens is 3. The number of ether oxygens (including phenoxy) is 2. The van der Waals surface area contributed by atoms with E-state index in [0.717, 1.165) is 29.2 Å². The molecule has 34 heavy (non-hydrogen) atoms. The fraction of sp³-hybridized carbons (Fsp3) is 0.333. The minimum Gasteiger partial charge on any atom is -0.483 e. The van der Waals surface area contributed by atoms with Gasteiger partial charge in [0.25, 0.3) is 0 Å². The second kappa shape index (κ2) is 13.4. The van der Waals surface area contributed by atoms with Gasteiger partial charge in [0, 0.05) is 37.1 Å². The van der Waals surface area contributed by atoms with Crippen LogP contribution in [0, 0.1) is 0 Å². The number of benzene rings is 2. The molecule has 0 aliphatic carbocycles. The third-order valence-electron chi connectivity index (χ3n) is 4.58. The van der Waals surface area contributed by atoms with Gasteiger partial charge in [-0.2, -0.15) is 13.2 Å². The summed E-state index contributed by atoms with van der Waals surface area (Å²) < 4.78 is 48.4. The summed E-state index contributed by atoms with van der Waals surface area (Å²) in [6, 6.07) is 17.4. The van der Waals surface area contributed by atoms with E-state index in [0.29, 0.717) is 6.54 Å². The summed E-state index contributed by atoms with van der Waals surface area (Å²) in [4.78, 5) is 1.81. The van der Waals surface area contributed by atoms with Gasteiger partial charge in [0.1, 0.15) is 17.3 Å². The number of allylic oxidation sites excluding steroid dienone is 3. The smallest absolute Gasteiger partial charge is 0.422 e. The molecule has 0 saturated heterocycles. The number of nitrogens with zero attached hydrogens (tertiary/aromatic N) is 1. The lowest BCUT2D eigenvalue weighted by Crippen LogP contribution is -2.34. The van der Waals surface area contributed by atoms with Gasteiger partial charge in [0.05, 0.1) is 0 Å². The Morgan fingerprint density at radius 2 is 1.79 bits per heavy atom. The molecule has 0 amide bonds. The van der Waals surface area contributed by atoms with E-state index in [1.165, 1.54) is 6.08 Å². The van der Waals surface area contributed by atoms with E-state index in [2.05, 4.69) is 18.3 Å². The van der Waals surface area contributed by atoms with Crippen molar-refractivity contribution in [3.63, 3.8) is 0 Å². The Kier molecular flexibility index (Phi) is 10.6. The Balaban J connectivity index is 2.06. The molecule has 2 aromatic rings. The van der Waals surface area contributed by atoms with Gasteiger partial charge in [0.2, 0.25) is 0 Å². The van der Waals surface area contributed by atoms with Crippen molar-refractivity contribution in [1.82, 2.24) is 10.2 Å². The van der Waals surface area contributed by atoms with E-state index in [1.807, 2.05) is 66.4 Å². The molecule has 7 heteroatoms. The zero-order valence-electron chi connectivity index (χ0n) is 20.1. The normalized spacial score (nSPS) is 13.6. The van der Waals surface area contributed by atoms with Crippen LogP contribution >= 0.6 is 0 Å². The number of likely N-dealkylation sites (N-methyl/N-ethyl adjacent to an activating group) is 1. The van der Waals surface area contributed by atoms with Crippen LogP contribution in [0.1, 0.15) is 32.8 Å². The predicted octanol–water partition coefficient (Wildman–Crippen LogP) is 7.14. The molecule has 2 aromatic carbocycles. The van der Waals surface area contributed by atoms with Crippen LogP contribution in [0.4, 0.5) is 13.2 Å². The standard InChI is InChI=1S/C27H33F3N2O2/c1-5-11-25(33-20-27(28,29)30)19-32(4)18-21(3)31-26(12-6-2)22-13-10-16-24(17-22)34-23-14-8-7-9-15-23/h5,7-17,19,21,31H,6,18,20H2,1-4H3/b11-5-,25-19+,26-12-/t21-/m0/s1. The van der Waals surface area contributed by atoms with E-state index in [9.17, 15) is 13.2 Å². The fourth-order valence-corrected chi connectivity index (χ4v) is 3.29. The molecule has 0 bridgehead atoms. The van der Waals surface area contributed by atoms with Crippen LogP contribution in [0.3, 0.4) is 0 Å². The maximum Gasteiger partial charge on any atom is 0.422 e. The van der Waals surface area contributed by atoms with Gasteiger partial charge < -0.3 is 19.7 Å². The molecule has 0 heterocycles. The fourth-order valence-electron chi connectivity index (χ4n) is 3.29. The summed E-state index contributed by atoms with van der Waals surface area (Å²) in [5, 5.41) is 3.51. The average molecular weight is 475 g/mol. The van der Waals surface area contributed by atoms with Crippen molar-refractivity contribution in [3.8, 4) is 11.5 Å². The summed E-state index contributed by atoms with van der Waals surface area (Å²) >= 11 is 0. The van der Waals surface area contributed by atoms with Gasteiger partial charge >= 0.3 is 6.18 Å². The van der Waals surface area contributed by atoms with Gasteiger partial charge in [-0.1, -0.05) is 49.4 Å². The summed E-state index contributed by atoms with van der Waals surface area (Å²) in [6.45, 7) is 5.04. The lowest BCUT2D eigenvalue weighted by atomic mass is 10.1. The minimum absolute atomic E-state index is 0.00669. The molecule has 4 nitrogen and oxygen atoms in total. The summed E-state index contributed by atoms with van der Waals surface area (Å²) in [5.41, 5.74) is 1.95. The van der Waals surface area contributed by atoms with Crippen LogP contribution in [-0.4, -0.2) is 37.3 Å². The topological polar surface area (TPSA) is 33.7 Å². The maximum absolute atomic E-state index is 12.5. The van der Waals surface area contributed by atoms with Crippen molar-refractivity contribution in [2.24, 2.45) is 0 Å². The molecule has 0 fully saturated rings. The number of para-hydroxylation sites is 1. The number of hydrogen-bond acceptors (Lipinski definition) is 4. The van der Waals surface area contributed by atoms with Crippen LogP contribution < -0.4 is 10.1 Å². The molecule has 0 saturated carbocycles. The van der Waals surface area contributed by atoms with E-state index in [-0.39, 0.29) is 11.8 Å². The second-order valence-corrected chi connectivity index (χ2v) is 7.89. The maximum atomic E-state index is 12.5. The minimum atomic E-state index is -4.38.